The molecule has 0 radical (unpaired) electrons. The van der Waals surface area contributed by atoms with Crippen molar-refractivity contribution in [3.8, 4) is 0 Å². The molecule has 2 aromatic rings. The molecule has 1 amide bonds. The molecule has 0 aromatic heterocycles. The summed E-state index contributed by atoms with van der Waals surface area (Å²) in [6.07, 6.45) is 0. The van der Waals surface area contributed by atoms with Crippen LogP contribution in [0.5, 0.6) is 0 Å². The number of sulfone groups is 1. The highest BCUT2D eigenvalue weighted by atomic mass is 35.5. The third kappa shape index (κ3) is 3.87. The van der Waals surface area contributed by atoms with E-state index in [4.69, 9.17) is 11.6 Å². The second-order valence-corrected chi connectivity index (χ2v) is 7.09. The summed E-state index contributed by atoms with van der Waals surface area (Å²) in [6, 6.07) is 17.0. The molecule has 0 bridgehead atoms. The van der Waals surface area contributed by atoms with Gasteiger partial charge in [0.1, 0.15) is 11.1 Å². The standard InChI is InChI=1S/C16H16ClNO3S/c17-11-16(19)18-12-15(13-7-3-1-4-8-13)22(20,21)14-9-5-2-6-10-14/h1-10,15H,11-12H2,(H,18,19)/t15-/m0/s1. The normalized spacial score (nSPS) is 12.6. The van der Waals surface area contributed by atoms with Gasteiger partial charge in [-0.15, -0.1) is 11.6 Å². The van der Waals surface area contributed by atoms with Crippen molar-refractivity contribution < 1.29 is 13.2 Å². The molecule has 0 heterocycles. The number of benzene rings is 2. The van der Waals surface area contributed by atoms with Crippen LogP contribution in [0.25, 0.3) is 0 Å². The van der Waals surface area contributed by atoms with Gasteiger partial charge in [0.25, 0.3) is 0 Å². The Morgan fingerprint density at radius 2 is 1.55 bits per heavy atom. The molecule has 1 atom stereocenters. The summed E-state index contributed by atoms with van der Waals surface area (Å²) in [6.45, 7) is -0.0210. The second kappa shape index (κ2) is 7.42. The van der Waals surface area contributed by atoms with Gasteiger partial charge in [0, 0.05) is 6.54 Å². The Kier molecular flexibility index (Phi) is 5.57. The highest BCUT2D eigenvalue weighted by Gasteiger charge is 2.29. The Balaban J connectivity index is 2.38. The van der Waals surface area contributed by atoms with Gasteiger partial charge in [-0.25, -0.2) is 8.42 Å². The SMILES string of the molecule is O=C(CCl)NC[C@@H](c1ccccc1)S(=O)(=O)c1ccccc1. The molecule has 6 heteroatoms. The maximum atomic E-state index is 12.8. The monoisotopic (exact) mass is 337 g/mol. The number of halogens is 1. The van der Waals surface area contributed by atoms with E-state index in [1.807, 2.05) is 6.07 Å². The number of hydrogen-bond acceptors (Lipinski definition) is 3. The lowest BCUT2D eigenvalue weighted by atomic mass is 10.1. The Hall–Kier alpha value is -1.85. The lowest BCUT2D eigenvalue weighted by molar-refractivity contribution is -0.118. The molecule has 22 heavy (non-hydrogen) atoms. The molecule has 0 aliphatic rings. The first-order chi connectivity index (χ1) is 10.6. The molecule has 0 aliphatic heterocycles. The molecule has 0 saturated heterocycles. The lowest BCUT2D eigenvalue weighted by Gasteiger charge is -2.18. The van der Waals surface area contributed by atoms with E-state index in [1.54, 1.807) is 54.6 Å². The number of carbonyl (C=O) groups excluding carboxylic acids is 1. The number of rotatable bonds is 6. The van der Waals surface area contributed by atoms with Crippen LogP contribution in [0, 0.1) is 0 Å². The Labute approximate surface area is 135 Å². The van der Waals surface area contributed by atoms with E-state index in [9.17, 15) is 13.2 Å². The molecule has 0 saturated carbocycles. The summed E-state index contributed by atoms with van der Waals surface area (Å²) < 4.78 is 25.7. The smallest absolute Gasteiger partial charge is 0.234 e. The van der Waals surface area contributed by atoms with Gasteiger partial charge in [0.15, 0.2) is 9.84 Å². The van der Waals surface area contributed by atoms with Gasteiger partial charge >= 0.3 is 0 Å². The third-order valence-corrected chi connectivity index (χ3v) is 5.58. The molecule has 116 valence electrons. The van der Waals surface area contributed by atoms with Crippen molar-refractivity contribution in [3.05, 3.63) is 66.2 Å². The molecular formula is C16H16ClNO3S. The first-order valence-electron chi connectivity index (χ1n) is 6.72. The van der Waals surface area contributed by atoms with Crippen molar-refractivity contribution in [3.63, 3.8) is 0 Å². The minimum absolute atomic E-state index is 0.0210. The van der Waals surface area contributed by atoms with E-state index in [1.165, 1.54) is 0 Å². The topological polar surface area (TPSA) is 63.2 Å². The van der Waals surface area contributed by atoms with Crippen molar-refractivity contribution >= 4 is 27.3 Å². The summed E-state index contributed by atoms with van der Waals surface area (Å²) in [7, 11) is -3.62. The zero-order valence-corrected chi connectivity index (χ0v) is 13.3. The van der Waals surface area contributed by atoms with Crippen molar-refractivity contribution in [1.82, 2.24) is 5.32 Å². The van der Waals surface area contributed by atoms with E-state index in [0.717, 1.165) is 0 Å². The van der Waals surface area contributed by atoms with Crippen LogP contribution >= 0.6 is 11.6 Å². The Morgan fingerprint density at radius 1 is 1.00 bits per heavy atom. The van der Waals surface area contributed by atoms with Crippen molar-refractivity contribution in [2.75, 3.05) is 12.4 Å². The summed E-state index contributed by atoms with van der Waals surface area (Å²) in [5, 5.41) is 1.70. The molecular weight excluding hydrogens is 322 g/mol. The number of carbonyl (C=O) groups is 1. The quantitative estimate of drug-likeness (QED) is 0.824. The van der Waals surface area contributed by atoms with E-state index in [2.05, 4.69) is 5.32 Å². The van der Waals surface area contributed by atoms with E-state index >= 15 is 0 Å². The fraction of sp³-hybridized carbons (Fsp3) is 0.188. The minimum Gasteiger partial charge on any atom is -0.353 e. The van der Waals surface area contributed by atoms with Crippen LogP contribution in [0.15, 0.2) is 65.6 Å². The van der Waals surface area contributed by atoms with Crippen LogP contribution in [0.1, 0.15) is 10.8 Å². The van der Waals surface area contributed by atoms with Gasteiger partial charge in [-0.05, 0) is 17.7 Å². The fourth-order valence-corrected chi connectivity index (χ4v) is 3.88. The van der Waals surface area contributed by atoms with E-state index in [0.29, 0.717) is 5.56 Å². The van der Waals surface area contributed by atoms with Gasteiger partial charge in [-0.2, -0.15) is 0 Å². The third-order valence-electron chi connectivity index (χ3n) is 3.22. The molecule has 0 unspecified atom stereocenters. The van der Waals surface area contributed by atoms with Crippen LogP contribution in [0.4, 0.5) is 0 Å². The molecule has 0 aliphatic carbocycles. The predicted octanol–water partition coefficient (Wildman–Crippen LogP) is 2.56. The minimum atomic E-state index is -3.62. The summed E-state index contributed by atoms with van der Waals surface area (Å²) in [5.74, 6) is -0.599. The number of alkyl halides is 1. The van der Waals surface area contributed by atoms with Crippen LogP contribution < -0.4 is 5.32 Å². The van der Waals surface area contributed by atoms with Gasteiger partial charge in [0.05, 0.1) is 4.90 Å². The Morgan fingerprint density at radius 3 is 2.09 bits per heavy atom. The van der Waals surface area contributed by atoms with Crippen molar-refractivity contribution in [2.24, 2.45) is 0 Å². The number of amides is 1. The van der Waals surface area contributed by atoms with Gasteiger partial charge in [-0.3, -0.25) is 4.79 Å². The van der Waals surface area contributed by atoms with Gasteiger partial charge < -0.3 is 5.32 Å². The Bertz CT molecular complexity index is 718. The van der Waals surface area contributed by atoms with E-state index < -0.39 is 21.0 Å². The van der Waals surface area contributed by atoms with Gasteiger partial charge in [0.2, 0.25) is 5.91 Å². The highest BCUT2D eigenvalue weighted by Crippen LogP contribution is 2.28. The molecule has 4 nitrogen and oxygen atoms in total. The van der Waals surface area contributed by atoms with Crippen molar-refractivity contribution in [2.45, 2.75) is 10.1 Å². The zero-order valence-electron chi connectivity index (χ0n) is 11.8. The first kappa shape index (κ1) is 16.5. The van der Waals surface area contributed by atoms with Crippen LogP contribution in [0.2, 0.25) is 0 Å². The van der Waals surface area contributed by atoms with Crippen molar-refractivity contribution in [1.29, 1.82) is 0 Å². The highest BCUT2D eigenvalue weighted by molar-refractivity contribution is 7.91. The molecule has 2 rings (SSSR count). The second-order valence-electron chi connectivity index (χ2n) is 4.70. The van der Waals surface area contributed by atoms with Gasteiger partial charge in [-0.1, -0.05) is 48.5 Å². The van der Waals surface area contributed by atoms with Crippen LogP contribution in [-0.2, 0) is 14.6 Å². The lowest BCUT2D eigenvalue weighted by Crippen LogP contribution is -2.32. The number of hydrogen-bond donors (Lipinski definition) is 1. The summed E-state index contributed by atoms with van der Waals surface area (Å²) >= 11 is 5.45. The molecule has 0 spiro atoms. The summed E-state index contributed by atoms with van der Waals surface area (Å²) in [4.78, 5) is 11.6. The predicted molar refractivity (Wildman–Crippen MR) is 86.5 cm³/mol. The molecule has 1 N–H and O–H groups in total. The molecule has 0 fully saturated rings. The fourth-order valence-electron chi connectivity index (χ4n) is 2.10. The van der Waals surface area contributed by atoms with Crippen LogP contribution in [-0.4, -0.2) is 26.7 Å². The maximum absolute atomic E-state index is 12.8. The number of nitrogens with one attached hydrogen (secondary N) is 1. The first-order valence-corrected chi connectivity index (χ1v) is 8.80. The molecule has 2 aromatic carbocycles. The zero-order chi connectivity index (χ0) is 16.0. The summed E-state index contributed by atoms with van der Waals surface area (Å²) in [5.41, 5.74) is 0.626. The van der Waals surface area contributed by atoms with Crippen LogP contribution in [0.3, 0.4) is 0 Å². The maximum Gasteiger partial charge on any atom is 0.234 e. The average Bonchev–Trinajstić information content (AvgIpc) is 2.56. The largest absolute Gasteiger partial charge is 0.353 e. The van der Waals surface area contributed by atoms with E-state index in [-0.39, 0.29) is 17.3 Å². The average molecular weight is 338 g/mol.